The van der Waals surface area contributed by atoms with Gasteiger partial charge in [-0.25, -0.2) is 14.8 Å². The van der Waals surface area contributed by atoms with Gasteiger partial charge in [0.25, 0.3) is 5.56 Å². The number of hydrogen-bond donors (Lipinski definition) is 1. The molecule has 5 rings (SSSR count). The molecule has 2 saturated carbocycles. The molecule has 28 heavy (non-hydrogen) atoms. The van der Waals surface area contributed by atoms with Crippen LogP contribution in [0, 0.1) is 0 Å². The Labute approximate surface area is 170 Å². The van der Waals surface area contributed by atoms with Gasteiger partial charge in [-0.1, -0.05) is 41.6 Å². The number of nitrogens with zero attached hydrogens (tertiary/aromatic N) is 3. The number of rotatable bonds is 5. The number of halogens is 1. The molecule has 0 amide bonds. The molecular weight excluding hydrogens is 396 g/mol. The summed E-state index contributed by atoms with van der Waals surface area (Å²) in [5.41, 5.74) is 0.659. The van der Waals surface area contributed by atoms with Gasteiger partial charge in [0, 0.05) is 22.2 Å². The zero-order valence-electron chi connectivity index (χ0n) is 15.3. The van der Waals surface area contributed by atoms with E-state index in [9.17, 15) is 9.59 Å². The fourth-order valence-electron chi connectivity index (χ4n) is 3.45. The summed E-state index contributed by atoms with van der Waals surface area (Å²) >= 11 is 7.85. The lowest BCUT2D eigenvalue weighted by Crippen LogP contribution is -2.31. The predicted molar refractivity (Wildman–Crippen MR) is 110 cm³/mol. The molecule has 1 N–H and O–H groups in total. The summed E-state index contributed by atoms with van der Waals surface area (Å²) in [7, 11) is 0. The highest BCUT2D eigenvalue weighted by atomic mass is 35.5. The van der Waals surface area contributed by atoms with Crippen molar-refractivity contribution in [1.82, 2.24) is 19.5 Å². The monoisotopic (exact) mass is 414 g/mol. The maximum Gasteiger partial charge on any atom is 0.330 e. The number of benzene rings is 1. The second-order valence-electron chi connectivity index (χ2n) is 7.50. The van der Waals surface area contributed by atoms with Crippen LogP contribution >= 0.6 is 23.4 Å². The van der Waals surface area contributed by atoms with Crippen LogP contribution in [0.25, 0.3) is 11.0 Å². The van der Waals surface area contributed by atoms with Crippen LogP contribution in [-0.2, 0) is 0 Å². The Morgan fingerprint density at radius 3 is 2.61 bits per heavy atom. The van der Waals surface area contributed by atoms with Crippen LogP contribution in [0.5, 0.6) is 0 Å². The first-order chi connectivity index (χ1) is 13.5. The summed E-state index contributed by atoms with van der Waals surface area (Å²) in [6.45, 7) is 2.04. The number of fused-ring (bicyclic) bond motifs is 1. The average molecular weight is 415 g/mol. The quantitative estimate of drug-likeness (QED) is 0.500. The van der Waals surface area contributed by atoms with E-state index in [-0.39, 0.29) is 17.0 Å². The van der Waals surface area contributed by atoms with Gasteiger partial charge in [-0.2, -0.15) is 0 Å². The Morgan fingerprint density at radius 2 is 1.93 bits per heavy atom. The molecule has 1 atom stereocenters. The minimum atomic E-state index is -0.423. The van der Waals surface area contributed by atoms with Gasteiger partial charge in [0.2, 0.25) is 0 Å². The lowest BCUT2D eigenvalue weighted by molar-refractivity contribution is 0.691. The number of H-pyrrole nitrogens is 1. The highest BCUT2D eigenvalue weighted by Gasteiger charge is 2.32. The summed E-state index contributed by atoms with van der Waals surface area (Å²) in [6.07, 6.45) is 3.96. The lowest BCUT2D eigenvalue weighted by atomic mass is 10.2. The van der Waals surface area contributed by atoms with E-state index in [2.05, 4.69) is 9.97 Å². The minimum Gasteiger partial charge on any atom is -0.274 e. The van der Waals surface area contributed by atoms with E-state index in [1.807, 2.05) is 31.2 Å². The third kappa shape index (κ3) is 3.16. The number of thioether (sulfide) groups is 1. The zero-order valence-corrected chi connectivity index (χ0v) is 16.9. The maximum atomic E-state index is 12.7. The van der Waals surface area contributed by atoms with Gasteiger partial charge >= 0.3 is 5.69 Å². The molecule has 2 aromatic heterocycles. The van der Waals surface area contributed by atoms with Crippen molar-refractivity contribution in [3.8, 4) is 0 Å². The van der Waals surface area contributed by atoms with Gasteiger partial charge in [-0.15, -0.1) is 0 Å². The van der Waals surface area contributed by atoms with Crippen LogP contribution in [-0.4, -0.2) is 19.5 Å². The zero-order chi connectivity index (χ0) is 19.4. The van der Waals surface area contributed by atoms with Crippen LogP contribution in [0.4, 0.5) is 0 Å². The third-order valence-corrected chi connectivity index (χ3v) is 6.73. The molecule has 1 aromatic carbocycles. The summed E-state index contributed by atoms with van der Waals surface area (Å²) < 4.78 is 1.65. The summed E-state index contributed by atoms with van der Waals surface area (Å²) in [5.74, 6) is 1.06. The number of nitrogens with one attached hydrogen (secondary N) is 1. The first-order valence-corrected chi connectivity index (χ1v) is 10.8. The Bertz CT molecular complexity index is 1200. The molecule has 3 aromatic rings. The minimum absolute atomic E-state index is 0.000411. The van der Waals surface area contributed by atoms with Crippen molar-refractivity contribution in [3.63, 3.8) is 0 Å². The number of aromatic nitrogens is 4. The fraction of sp³-hybridized carbons (Fsp3) is 0.400. The maximum absolute atomic E-state index is 12.7. The Balaban J connectivity index is 1.69. The van der Waals surface area contributed by atoms with Crippen molar-refractivity contribution in [2.75, 3.05) is 0 Å². The Kier molecular flexibility index (Phi) is 4.32. The second kappa shape index (κ2) is 6.74. The molecule has 8 heteroatoms. The van der Waals surface area contributed by atoms with Crippen molar-refractivity contribution in [2.24, 2.45) is 0 Å². The highest BCUT2D eigenvalue weighted by Crippen LogP contribution is 2.43. The van der Waals surface area contributed by atoms with E-state index in [4.69, 9.17) is 16.6 Å². The van der Waals surface area contributed by atoms with Crippen molar-refractivity contribution in [3.05, 3.63) is 61.5 Å². The molecule has 6 nitrogen and oxygen atoms in total. The molecule has 1 unspecified atom stereocenters. The van der Waals surface area contributed by atoms with Gasteiger partial charge in [0.1, 0.15) is 16.2 Å². The highest BCUT2D eigenvalue weighted by molar-refractivity contribution is 7.99. The van der Waals surface area contributed by atoms with Crippen molar-refractivity contribution in [1.29, 1.82) is 0 Å². The SMILES string of the molecule is CC(Sc1nc(C2CC2)nc2c1c(=O)[nH]c(=O)n2C1CC1)c1ccccc1Cl. The largest absolute Gasteiger partial charge is 0.330 e. The standard InChI is InChI=1S/C20H19ClN4O2S/c1-10(13-4-2-3-5-14(13)21)28-19-15-17(22-16(23-19)11-6-7-11)25(12-8-9-12)20(27)24-18(15)26/h2-5,10-12H,6-9H2,1H3,(H,24,26,27). The number of hydrogen-bond acceptors (Lipinski definition) is 5. The average Bonchev–Trinajstić information content (AvgIpc) is 3.54. The van der Waals surface area contributed by atoms with Gasteiger partial charge in [-0.05, 0) is 44.2 Å². The smallest absolute Gasteiger partial charge is 0.274 e. The molecule has 2 aliphatic rings. The third-order valence-electron chi connectivity index (χ3n) is 5.25. The van der Waals surface area contributed by atoms with E-state index < -0.39 is 5.56 Å². The molecule has 144 valence electrons. The molecule has 0 radical (unpaired) electrons. The summed E-state index contributed by atoms with van der Waals surface area (Å²) in [6, 6.07) is 7.80. The van der Waals surface area contributed by atoms with Crippen LogP contribution in [0.15, 0.2) is 38.9 Å². The van der Waals surface area contributed by atoms with E-state index in [0.717, 1.165) is 37.1 Å². The summed E-state index contributed by atoms with van der Waals surface area (Å²) in [5, 5.41) is 1.71. The van der Waals surface area contributed by atoms with Crippen LogP contribution < -0.4 is 11.2 Å². The molecule has 2 heterocycles. The van der Waals surface area contributed by atoms with Gasteiger partial charge in [-0.3, -0.25) is 14.3 Å². The van der Waals surface area contributed by atoms with Crippen LogP contribution in [0.3, 0.4) is 0 Å². The van der Waals surface area contributed by atoms with E-state index in [1.54, 1.807) is 4.57 Å². The Hall–Kier alpha value is -2.12. The van der Waals surface area contributed by atoms with Crippen molar-refractivity contribution >= 4 is 34.4 Å². The molecule has 2 aliphatic carbocycles. The first kappa shape index (κ1) is 17.9. The van der Waals surface area contributed by atoms with E-state index >= 15 is 0 Å². The molecule has 2 fully saturated rings. The van der Waals surface area contributed by atoms with E-state index in [1.165, 1.54) is 11.8 Å². The van der Waals surface area contributed by atoms with Crippen molar-refractivity contribution < 1.29 is 0 Å². The topological polar surface area (TPSA) is 80.6 Å². The molecule has 0 aliphatic heterocycles. The van der Waals surface area contributed by atoms with Crippen molar-refractivity contribution in [2.45, 2.75) is 54.8 Å². The normalized spacial score (nSPS) is 17.8. The summed E-state index contributed by atoms with van der Waals surface area (Å²) in [4.78, 5) is 37.0. The van der Waals surface area contributed by atoms with Crippen LogP contribution in [0.2, 0.25) is 5.02 Å². The molecule has 0 bridgehead atoms. The number of aromatic amines is 1. The van der Waals surface area contributed by atoms with Gasteiger partial charge in [0.15, 0.2) is 5.65 Å². The first-order valence-electron chi connectivity index (χ1n) is 9.50. The Morgan fingerprint density at radius 1 is 1.18 bits per heavy atom. The lowest BCUT2D eigenvalue weighted by Gasteiger charge is -2.16. The van der Waals surface area contributed by atoms with Crippen LogP contribution in [0.1, 0.15) is 61.2 Å². The molecule has 0 saturated heterocycles. The van der Waals surface area contributed by atoms with Gasteiger partial charge in [0.05, 0.1) is 0 Å². The predicted octanol–water partition coefficient (Wildman–Crippen LogP) is 4.20. The van der Waals surface area contributed by atoms with E-state index in [0.29, 0.717) is 27.0 Å². The fourth-order valence-corrected chi connectivity index (χ4v) is 4.93. The second-order valence-corrected chi connectivity index (χ2v) is 9.24. The molecule has 0 spiro atoms. The van der Waals surface area contributed by atoms with Gasteiger partial charge < -0.3 is 0 Å². The molecular formula is C20H19ClN4O2S.